The zero-order chi connectivity index (χ0) is 15.0. The standard InChI is InChI=1S/C16H17NO3S/c1-10-8-12(11(2)21-10)9-17-6-7-20-15-13(16(18)19)4-3-5-14(15)17/h3-5,8H,6-7,9H2,1-2H3,(H,18,19). The Balaban J connectivity index is 1.96. The molecule has 1 aromatic carbocycles. The Bertz CT molecular complexity index is 693. The summed E-state index contributed by atoms with van der Waals surface area (Å²) >= 11 is 1.80. The number of aromatic carboxylic acids is 1. The molecular formula is C16H17NO3S. The Morgan fingerprint density at radius 3 is 2.90 bits per heavy atom. The maximum Gasteiger partial charge on any atom is 0.339 e. The van der Waals surface area contributed by atoms with Crippen LogP contribution in [0.25, 0.3) is 0 Å². The molecular weight excluding hydrogens is 286 g/mol. The zero-order valence-electron chi connectivity index (χ0n) is 12.0. The second-order valence-electron chi connectivity index (χ2n) is 5.17. The minimum atomic E-state index is -0.948. The van der Waals surface area contributed by atoms with Crippen molar-refractivity contribution in [2.24, 2.45) is 0 Å². The molecule has 0 radical (unpaired) electrons. The van der Waals surface area contributed by atoms with Crippen LogP contribution in [0, 0.1) is 13.8 Å². The number of thiophene rings is 1. The number of benzene rings is 1. The lowest BCUT2D eigenvalue weighted by Crippen LogP contribution is -2.33. The Labute approximate surface area is 127 Å². The normalized spacial score (nSPS) is 13.7. The predicted molar refractivity (Wildman–Crippen MR) is 83.7 cm³/mol. The first kappa shape index (κ1) is 13.9. The van der Waals surface area contributed by atoms with E-state index in [0.29, 0.717) is 12.4 Å². The fraction of sp³-hybridized carbons (Fsp3) is 0.312. The van der Waals surface area contributed by atoms with Crippen LogP contribution >= 0.6 is 11.3 Å². The summed E-state index contributed by atoms with van der Waals surface area (Å²) in [6.07, 6.45) is 0. The first-order valence-electron chi connectivity index (χ1n) is 6.86. The summed E-state index contributed by atoms with van der Waals surface area (Å²) < 4.78 is 5.60. The third-order valence-electron chi connectivity index (χ3n) is 3.68. The molecule has 1 N–H and O–H groups in total. The summed E-state index contributed by atoms with van der Waals surface area (Å²) in [6.45, 7) is 6.30. The number of rotatable bonds is 3. The van der Waals surface area contributed by atoms with Crippen LogP contribution in [-0.4, -0.2) is 24.2 Å². The summed E-state index contributed by atoms with van der Waals surface area (Å²) in [6, 6.07) is 7.49. The third kappa shape index (κ3) is 2.61. The maximum atomic E-state index is 11.3. The van der Waals surface area contributed by atoms with E-state index in [9.17, 15) is 9.90 Å². The van der Waals surface area contributed by atoms with Crippen LogP contribution in [0.3, 0.4) is 0 Å². The van der Waals surface area contributed by atoms with Crippen LogP contribution in [0.15, 0.2) is 24.3 Å². The molecule has 2 aromatic rings. The van der Waals surface area contributed by atoms with Crippen LogP contribution < -0.4 is 9.64 Å². The Hall–Kier alpha value is -2.01. The van der Waals surface area contributed by atoms with Gasteiger partial charge in [0.05, 0.1) is 12.2 Å². The lowest BCUT2D eigenvalue weighted by molar-refractivity contribution is 0.0692. The Morgan fingerprint density at radius 1 is 1.43 bits per heavy atom. The van der Waals surface area contributed by atoms with Gasteiger partial charge >= 0.3 is 5.97 Å². The van der Waals surface area contributed by atoms with Gasteiger partial charge in [0.15, 0.2) is 5.75 Å². The largest absolute Gasteiger partial charge is 0.489 e. The molecule has 0 fully saturated rings. The van der Waals surface area contributed by atoms with Gasteiger partial charge in [0.25, 0.3) is 0 Å². The zero-order valence-corrected chi connectivity index (χ0v) is 12.9. The highest BCUT2D eigenvalue weighted by Crippen LogP contribution is 2.36. The molecule has 110 valence electrons. The smallest absolute Gasteiger partial charge is 0.339 e. The van der Waals surface area contributed by atoms with Crippen molar-refractivity contribution in [2.45, 2.75) is 20.4 Å². The van der Waals surface area contributed by atoms with Crippen LogP contribution in [0.1, 0.15) is 25.7 Å². The predicted octanol–water partition coefficient (Wildman–Crippen LogP) is 3.46. The lowest BCUT2D eigenvalue weighted by Gasteiger charge is -2.32. The van der Waals surface area contributed by atoms with E-state index in [-0.39, 0.29) is 5.56 Å². The first-order valence-corrected chi connectivity index (χ1v) is 7.68. The van der Waals surface area contributed by atoms with Crippen LogP contribution in [-0.2, 0) is 6.54 Å². The van der Waals surface area contributed by atoms with Gasteiger partial charge in [0, 0.05) is 16.3 Å². The van der Waals surface area contributed by atoms with E-state index in [2.05, 4.69) is 24.8 Å². The molecule has 0 atom stereocenters. The molecule has 0 saturated carbocycles. The SMILES string of the molecule is Cc1cc(CN2CCOc3c(C(=O)O)cccc32)c(C)s1. The number of fused-ring (bicyclic) bond motifs is 1. The average molecular weight is 303 g/mol. The summed E-state index contributed by atoms with van der Waals surface area (Å²) in [7, 11) is 0. The lowest BCUT2D eigenvalue weighted by atomic mass is 10.1. The molecule has 0 amide bonds. The Morgan fingerprint density at radius 2 is 2.24 bits per heavy atom. The fourth-order valence-corrected chi connectivity index (χ4v) is 3.62. The molecule has 5 heteroatoms. The fourth-order valence-electron chi connectivity index (χ4n) is 2.68. The van der Waals surface area contributed by atoms with Gasteiger partial charge in [-0.1, -0.05) is 6.07 Å². The van der Waals surface area contributed by atoms with Gasteiger partial charge in [-0.25, -0.2) is 4.79 Å². The topological polar surface area (TPSA) is 49.8 Å². The van der Waals surface area contributed by atoms with Crippen LogP contribution in [0.2, 0.25) is 0 Å². The van der Waals surface area contributed by atoms with Gasteiger partial charge < -0.3 is 14.7 Å². The van der Waals surface area contributed by atoms with Crippen LogP contribution in [0.4, 0.5) is 5.69 Å². The number of hydrogen-bond donors (Lipinski definition) is 1. The second kappa shape index (κ2) is 5.41. The number of carboxylic acids is 1. The number of aryl methyl sites for hydroxylation is 2. The number of carbonyl (C=O) groups is 1. The molecule has 1 aliphatic heterocycles. The highest BCUT2D eigenvalue weighted by molar-refractivity contribution is 7.12. The number of ether oxygens (including phenoxy) is 1. The minimum absolute atomic E-state index is 0.232. The highest BCUT2D eigenvalue weighted by atomic mass is 32.1. The van der Waals surface area contributed by atoms with Crippen molar-refractivity contribution in [1.82, 2.24) is 0 Å². The van der Waals surface area contributed by atoms with Gasteiger partial charge in [-0.15, -0.1) is 11.3 Å². The van der Waals surface area contributed by atoms with Crippen molar-refractivity contribution in [3.63, 3.8) is 0 Å². The molecule has 3 rings (SSSR count). The van der Waals surface area contributed by atoms with Gasteiger partial charge in [-0.05, 0) is 37.6 Å². The van der Waals surface area contributed by atoms with E-state index in [0.717, 1.165) is 18.8 Å². The molecule has 2 heterocycles. The molecule has 4 nitrogen and oxygen atoms in total. The quantitative estimate of drug-likeness (QED) is 0.943. The van der Waals surface area contributed by atoms with E-state index in [1.54, 1.807) is 23.5 Å². The van der Waals surface area contributed by atoms with Gasteiger partial charge in [-0.3, -0.25) is 0 Å². The molecule has 0 unspecified atom stereocenters. The van der Waals surface area contributed by atoms with Crippen molar-refractivity contribution in [2.75, 3.05) is 18.1 Å². The van der Waals surface area contributed by atoms with Crippen molar-refractivity contribution < 1.29 is 14.6 Å². The molecule has 1 aromatic heterocycles. The molecule has 0 bridgehead atoms. The first-order chi connectivity index (χ1) is 10.1. The number of carboxylic acid groups (broad SMARTS) is 1. The van der Waals surface area contributed by atoms with Gasteiger partial charge in [0.1, 0.15) is 12.2 Å². The Kier molecular flexibility index (Phi) is 3.59. The average Bonchev–Trinajstić information content (AvgIpc) is 2.76. The molecule has 21 heavy (non-hydrogen) atoms. The molecule has 1 aliphatic rings. The van der Waals surface area contributed by atoms with E-state index >= 15 is 0 Å². The maximum absolute atomic E-state index is 11.3. The second-order valence-corrected chi connectivity index (χ2v) is 6.63. The highest BCUT2D eigenvalue weighted by Gasteiger charge is 2.24. The van der Waals surface area contributed by atoms with E-state index in [1.165, 1.54) is 15.3 Å². The molecule has 0 saturated heterocycles. The number of nitrogens with zero attached hydrogens (tertiary/aromatic N) is 1. The van der Waals surface area contributed by atoms with E-state index in [1.807, 2.05) is 6.07 Å². The van der Waals surface area contributed by atoms with E-state index < -0.39 is 5.97 Å². The number of para-hydroxylation sites is 1. The van der Waals surface area contributed by atoms with Gasteiger partial charge in [-0.2, -0.15) is 0 Å². The number of anilines is 1. The van der Waals surface area contributed by atoms with Crippen molar-refractivity contribution in [1.29, 1.82) is 0 Å². The summed E-state index contributed by atoms with van der Waals surface area (Å²) in [5.74, 6) is -0.461. The summed E-state index contributed by atoms with van der Waals surface area (Å²) in [4.78, 5) is 16.1. The summed E-state index contributed by atoms with van der Waals surface area (Å²) in [5.41, 5.74) is 2.39. The van der Waals surface area contributed by atoms with Crippen molar-refractivity contribution >= 4 is 23.0 Å². The monoisotopic (exact) mass is 303 g/mol. The molecule has 0 aliphatic carbocycles. The van der Waals surface area contributed by atoms with Gasteiger partial charge in [0.2, 0.25) is 0 Å². The van der Waals surface area contributed by atoms with Crippen molar-refractivity contribution in [3.8, 4) is 5.75 Å². The third-order valence-corrected chi connectivity index (χ3v) is 4.69. The number of hydrogen-bond acceptors (Lipinski definition) is 4. The summed E-state index contributed by atoms with van der Waals surface area (Å²) in [5, 5.41) is 9.27. The minimum Gasteiger partial charge on any atom is -0.489 e. The molecule has 0 spiro atoms. The van der Waals surface area contributed by atoms with Crippen molar-refractivity contribution in [3.05, 3.63) is 45.1 Å². The van der Waals surface area contributed by atoms with E-state index in [4.69, 9.17) is 4.74 Å². The van der Waals surface area contributed by atoms with Crippen LogP contribution in [0.5, 0.6) is 5.75 Å².